The molecule has 1 N–H and O–H groups in total. The SMILES string of the molecule is COc1ccc(CC(=O)N[C@H](c2ccccc2)c2ccc(Cl)cc2)c(OC)c1. The number of hydrogen-bond acceptors (Lipinski definition) is 3. The molecule has 0 aromatic heterocycles. The molecule has 0 aliphatic heterocycles. The molecular weight excluding hydrogens is 374 g/mol. The van der Waals surface area contributed by atoms with E-state index in [9.17, 15) is 4.79 Å². The number of nitrogens with one attached hydrogen (secondary N) is 1. The van der Waals surface area contributed by atoms with Crippen molar-refractivity contribution < 1.29 is 14.3 Å². The van der Waals surface area contributed by atoms with E-state index in [1.807, 2.05) is 66.7 Å². The third-order valence-electron chi connectivity index (χ3n) is 4.49. The average molecular weight is 396 g/mol. The Labute approximate surface area is 170 Å². The fourth-order valence-electron chi connectivity index (χ4n) is 3.04. The van der Waals surface area contributed by atoms with Crippen LogP contribution in [-0.2, 0) is 11.2 Å². The van der Waals surface area contributed by atoms with Crippen molar-refractivity contribution in [2.45, 2.75) is 12.5 Å². The first kappa shape index (κ1) is 19.8. The van der Waals surface area contributed by atoms with Gasteiger partial charge in [0.15, 0.2) is 0 Å². The molecule has 0 bridgehead atoms. The van der Waals surface area contributed by atoms with E-state index >= 15 is 0 Å². The lowest BCUT2D eigenvalue weighted by molar-refractivity contribution is -0.121. The number of halogens is 1. The third kappa shape index (κ3) is 4.84. The van der Waals surface area contributed by atoms with E-state index in [0.29, 0.717) is 16.5 Å². The summed E-state index contributed by atoms with van der Waals surface area (Å²) in [6.45, 7) is 0. The second-order valence-corrected chi connectivity index (χ2v) is 6.75. The van der Waals surface area contributed by atoms with Crippen molar-refractivity contribution in [3.63, 3.8) is 0 Å². The summed E-state index contributed by atoms with van der Waals surface area (Å²) in [5.41, 5.74) is 2.76. The Morgan fingerprint density at radius 2 is 1.61 bits per heavy atom. The molecule has 3 aromatic carbocycles. The number of carbonyl (C=O) groups excluding carboxylic acids is 1. The number of amides is 1. The fourth-order valence-corrected chi connectivity index (χ4v) is 3.17. The minimum absolute atomic E-state index is 0.104. The van der Waals surface area contributed by atoms with Crippen LogP contribution in [0.4, 0.5) is 0 Å². The maximum absolute atomic E-state index is 12.8. The Hall–Kier alpha value is -2.98. The average Bonchev–Trinajstić information content (AvgIpc) is 2.73. The van der Waals surface area contributed by atoms with E-state index in [-0.39, 0.29) is 18.4 Å². The number of hydrogen-bond donors (Lipinski definition) is 1. The number of ether oxygens (including phenoxy) is 2. The number of carbonyl (C=O) groups is 1. The Balaban J connectivity index is 1.83. The zero-order valence-corrected chi connectivity index (χ0v) is 16.6. The molecule has 3 rings (SSSR count). The summed E-state index contributed by atoms with van der Waals surface area (Å²) in [7, 11) is 3.17. The van der Waals surface area contributed by atoms with Crippen LogP contribution in [-0.4, -0.2) is 20.1 Å². The first-order chi connectivity index (χ1) is 13.6. The van der Waals surface area contributed by atoms with Crippen molar-refractivity contribution in [2.24, 2.45) is 0 Å². The van der Waals surface area contributed by atoms with Gasteiger partial charge in [0.05, 0.1) is 26.7 Å². The lowest BCUT2D eigenvalue weighted by Gasteiger charge is -2.20. The third-order valence-corrected chi connectivity index (χ3v) is 4.74. The molecule has 0 radical (unpaired) electrons. The molecule has 0 aliphatic carbocycles. The Morgan fingerprint density at radius 3 is 2.25 bits per heavy atom. The van der Waals surface area contributed by atoms with Gasteiger partial charge in [-0.15, -0.1) is 0 Å². The van der Waals surface area contributed by atoms with Gasteiger partial charge in [-0.05, 0) is 29.3 Å². The number of rotatable bonds is 7. The summed E-state index contributed by atoms with van der Waals surface area (Å²) in [5, 5.41) is 3.79. The van der Waals surface area contributed by atoms with Gasteiger partial charge in [0.2, 0.25) is 5.91 Å². The van der Waals surface area contributed by atoms with E-state index in [0.717, 1.165) is 16.7 Å². The first-order valence-corrected chi connectivity index (χ1v) is 9.29. The molecule has 144 valence electrons. The van der Waals surface area contributed by atoms with Crippen molar-refractivity contribution in [3.05, 3.63) is 94.5 Å². The molecule has 0 saturated heterocycles. The van der Waals surface area contributed by atoms with Gasteiger partial charge in [0, 0.05) is 16.7 Å². The van der Waals surface area contributed by atoms with Crippen molar-refractivity contribution >= 4 is 17.5 Å². The molecule has 0 spiro atoms. The van der Waals surface area contributed by atoms with Crippen LogP contribution in [0.15, 0.2) is 72.8 Å². The lowest BCUT2D eigenvalue weighted by Crippen LogP contribution is -2.30. The van der Waals surface area contributed by atoms with E-state index in [1.165, 1.54) is 0 Å². The van der Waals surface area contributed by atoms with Crippen LogP contribution in [0.3, 0.4) is 0 Å². The predicted molar refractivity (Wildman–Crippen MR) is 111 cm³/mol. The first-order valence-electron chi connectivity index (χ1n) is 8.91. The summed E-state index contributed by atoms with van der Waals surface area (Å²) in [6.07, 6.45) is 0.199. The lowest BCUT2D eigenvalue weighted by atomic mass is 9.98. The maximum Gasteiger partial charge on any atom is 0.225 e. The van der Waals surface area contributed by atoms with Gasteiger partial charge >= 0.3 is 0 Å². The zero-order valence-electron chi connectivity index (χ0n) is 15.8. The van der Waals surface area contributed by atoms with Crippen molar-refractivity contribution in [1.82, 2.24) is 5.32 Å². The topological polar surface area (TPSA) is 47.6 Å². The van der Waals surface area contributed by atoms with Gasteiger partial charge in [-0.25, -0.2) is 0 Å². The zero-order chi connectivity index (χ0) is 19.9. The van der Waals surface area contributed by atoms with Gasteiger partial charge in [-0.3, -0.25) is 4.79 Å². The molecule has 28 heavy (non-hydrogen) atoms. The molecule has 1 amide bonds. The number of benzene rings is 3. The van der Waals surface area contributed by atoms with Crippen LogP contribution in [0.5, 0.6) is 11.5 Å². The smallest absolute Gasteiger partial charge is 0.225 e. The second-order valence-electron chi connectivity index (χ2n) is 6.32. The molecule has 0 heterocycles. The normalized spacial score (nSPS) is 11.5. The summed E-state index contributed by atoms with van der Waals surface area (Å²) in [4.78, 5) is 12.8. The highest BCUT2D eigenvalue weighted by Gasteiger charge is 2.18. The molecule has 0 saturated carbocycles. The quantitative estimate of drug-likeness (QED) is 0.624. The Kier molecular flexibility index (Phi) is 6.56. The Morgan fingerprint density at radius 1 is 0.929 bits per heavy atom. The fraction of sp³-hybridized carbons (Fsp3) is 0.174. The van der Waals surface area contributed by atoms with Crippen molar-refractivity contribution in [3.8, 4) is 11.5 Å². The minimum Gasteiger partial charge on any atom is -0.497 e. The van der Waals surface area contributed by atoms with Crippen LogP contribution in [0.2, 0.25) is 5.02 Å². The molecule has 0 unspecified atom stereocenters. The highest BCUT2D eigenvalue weighted by atomic mass is 35.5. The maximum atomic E-state index is 12.8. The van der Waals surface area contributed by atoms with E-state index in [1.54, 1.807) is 20.3 Å². The van der Waals surface area contributed by atoms with Gasteiger partial charge in [0.25, 0.3) is 0 Å². The highest BCUT2D eigenvalue weighted by molar-refractivity contribution is 6.30. The van der Waals surface area contributed by atoms with Crippen LogP contribution in [0, 0.1) is 0 Å². The highest BCUT2D eigenvalue weighted by Crippen LogP contribution is 2.27. The van der Waals surface area contributed by atoms with Gasteiger partial charge in [-0.1, -0.05) is 60.1 Å². The summed E-state index contributed by atoms with van der Waals surface area (Å²) in [5.74, 6) is 1.20. The van der Waals surface area contributed by atoms with Crippen LogP contribution in [0.1, 0.15) is 22.7 Å². The predicted octanol–water partition coefficient (Wildman–Crippen LogP) is 4.81. The molecule has 5 heteroatoms. The van der Waals surface area contributed by atoms with Crippen LogP contribution >= 0.6 is 11.6 Å². The Bertz CT molecular complexity index is 926. The molecule has 3 aromatic rings. The van der Waals surface area contributed by atoms with Gasteiger partial charge in [0.1, 0.15) is 11.5 Å². The van der Waals surface area contributed by atoms with Crippen molar-refractivity contribution in [1.29, 1.82) is 0 Å². The number of methoxy groups -OCH3 is 2. The van der Waals surface area contributed by atoms with Crippen molar-refractivity contribution in [2.75, 3.05) is 14.2 Å². The second kappa shape index (κ2) is 9.29. The van der Waals surface area contributed by atoms with Gasteiger partial charge in [-0.2, -0.15) is 0 Å². The van der Waals surface area contributed by atoms with Gasteiger partial charge < -0.3 is 14.8 Å². The van der Waals surface area contributed by atoms with E-state index in [2.05, 4.69) is 5.32 Å². The molecule has 0 fully saturated rings. The molecule has 1 atom stereocenters. The monoisotopic (exact) mass is 395 g/mol. The standard InChI is InChI=1S/C23H22ClNO3/c1-27-20-13-10-18(21(15-20)28-2)14-22(26)25-23(16-6-4-3-5-7-16)17-8-11-19(24)12-9-17/h3-13,15,23H,14H2,1-2H3,(H,25,26)/t23-/m1/s1. The molecule has 0 aliphatic rings. The summed E-state index contributed by atoms with van der Waals surface area (Å²) >= 11 is 6.02. The molecular formula is C23H22ClNO3. The van der Waals surface area contributed by atoms with Crippen LogP contribution < -0.4 is 14.8 Å². The molecule has 4 nitrogen and oxygen atoms in total. The van der Waals surface area contributed by atoms with Crippen LogP contribution in [0.25, 0.3) is 0 Å². The van der Waals surface area contributed by atoms with E-state index < -0.39 is 0 Å². The summed E-state index contributed by atoms with van der Waals surface area (Å²) < 4.78 is 10.6. The van der Waals surface area contributed by atoms with E-state index in [4.69, 9.17) is 21.1 Å². The largest absolute Gasteiger partial charge is 0.497 e. The summed E-state index contributed by atoms with van der Waals surface area (Å²) in [6, 6.07) is 22.5. The minimum atomic E-state index is -0.268.